The maximum absolute atomic E-state index is 12.6. The normalized spacial score (nSPS) is 11.4. The van der Waals surface area contributed by atoms with E-state index in [0.717, 1.165) is 11.1 Å². The second-order valence-electron chi connectivity index (χ2n) is 8.34. The van der Waals surface area contributed by atoms with Crippen molar-refractivity contribution in [3.05, 3.63) is 90.0 Å². The molecule has 0 heterocycles. The molecule has 3 aromatic carbocycles. The quantitative estimate of drug-likeness (QED) is 0.353. The summed E-state index contributed by atoms with van der Waals surface area (Å²) in [6.45, 7) is 4.68. The molecule has 0 fully saturated rings. The summed E-state index contributed by atoms with van der Waals surface area (Å²) in [4.78, 5) is 48.9. The van der Waals surface area contributed by atoms with Gasteiger partial charge in [-0.3, -0.25) is 19.2 Å². The zero-order valence-electron chi connectivity index (χ0n) is 19.9. The molecule has 0 saturated heterocycles. The van der Waals surface area contributed by atoms with Crippen molar-refractivity contribution in [1.82, 2.24) is 5.32 Å². The third kappa shape index (κ3) is 7.11. The van der Waals surface area contributed by atoms with Crippen LogP contribution in [0.3, 0.4) is 0 Å². The van der Waals surface area contributed by atoms with Crippen LogP contribution < -0.4 is 10.6 Å². The molecule has 0 saturated carbocycles. The Kier molecular flexibility index (Phi) is 8.51. The van der Waals surface area contributed by atoms with E-state index in [1.807, 2.05) is 42.5 Å². The minimum atomic E-state index is -1.03. The van der Waals surface area contributed by atoms with Crippen LogP contribution in [0.2, 0.25) is 0 Å². The largest absolute Gasteiger partial charge is 0.453 e. The van der Waals surface area contributed by atoms with Gasteiger partial charge in [-0.1, -0.05) is 56.3 Å². The lowest BCUT2D eigenvalue weighted by Crippen LogP contribution is -2.34. The molecular weight excluding hydrogens is 444 g/mol. The SMILES string of the molecule is CC(C)C(=O)Nc1ccc(C(=O)C(C)OC(=O)CNC(=O)c2ccc(-c3ccccc3)cc2)cc1. The Balaban J connectivity index is 1.48. The lowest BCUT2D eigenvalue weighted by atomic mass is 10.0. The van der Waals surface area contributed by atoms with Crippen molar-refractivity contribution in [3.63, 3.8) is 0 Å². The Bertz CT molecular complexity index is 1190. The van der Waals surface area contributed by atoms with Crippen molar-refractivity contribution in [2.45, 2.75) is 26.9 Å². The highest BCUT2D eigenvalue weighted by Gasteiger charge is 2.20. The number of Topliss-reactive ketones (excluding diaryl/α,β-unsaturated/α-hetero) is 1. The molecule has 0 bridgehead atoms. The van der Waals surface area contributed by atoms with Gasteiger partial charge in [0, 0.05) is 22.7 Å². The fourth-order valence-corrected chi connectivity index (χ4v) is 3.23. The molecule has 0 aromatic heterocycles. The summed E-state index contributed by atoms with van der Waals surface area (Å²) in [6, 6.07) is 23.2. The third-order valence-corrected chi connectivity index (χ3v) is 5.29. The first kappa shape index (κ1) is 25.4. The maximum atomic E-state index is 12.6. The Morgan fingerprint density at radius 1 is 0.743 bits per heavy atom. The van der Waals surface area contributed by atoms with Gasteiger partial charge in [0.1, 0.15) is 6.54 Å². The second kappa shape index (κ2) is 11.7. The van der Waals surface area contributed by atoms with E-state index in [1.54, 1.807) is 50.2 Å². The van der Waals surface area contributed by atoms with Crippen LogP contribution in [-0.4, -0.2) is 36.2 Å². The molecule has 1 atom stereocenters. The minimum absolute atomic E-state index is 0.124. The number of amides is 2. The first-order valence-electron chi connectivity index (χ1n) is 11.3. The lowest BCUT2D eigenvalue weighted by Gasteiger charge is -2.13. The third-order valence-electron chi connectivity index (χ3n) is 5.29. The summed E-state index contributed by atoms with van der Waals surface area (Å²) in [6.07, 6.45) is -1.03. The van der Waals surface area contributed by atoms with E-state index < -0.39 is 18.0 Å². The molecule has 2 N–H and O–H groups in total. The van der Waals surface area contributed by atoms with E-state index in [9.17, 15) is 19.2 Å². The van der Waals surface area contributed by atoms with Crippen molar-refractivity contribution >= 4 is 29.3 Å². The van der Waals surface area contributed by atoms with Crippen molar-refractivity contribution in [2.24, 2.45) is 5.92 Å². The van der Waals surface area contributed by atoms with Gasteiger partial charge in [0.05, 0.1) is 0 Å². The first-order chi connectivity index (χ1) is 16.7. The van der Waals surface area contributed by atoms with Crippen LogP contribution in [-0.2, 0) is 14.3 Å². The van der Waals surface area contributed by atoms with Crippen LogP contribution in [0.25, 0.3) is 11.1 Å². The van der Waals surface area contributed by atoms with E-state index in [0.29, 0.717) is 16.8 Å². The highest BCUT2D eigenvalue weighted by molar-refractivity contribution is 6.01. The van der Waals surface area contributed by atoms with Crippen molar-refractivity contribution < 1.29 is 23.9 Å². The lowest BCUT2D eigenvalue weighted by molar-refractivity contribution is -0.145. The van der Waals surface area contributed by atoms with Gasteiger partial charge in [-0.25, -0.2) is 0 Å². The number of carbonyl (C=O) groups is 4. The highest BCUT2D eigenvalue weighted by atomic mass is 16.5. The van der Waals surface area contributed by atoms with Gasteiger partial charge in [0.25, 0.3) is 5.91 Å². The van der Waals surface area contributed by atoms with Crippen LogP contribution >= 0.6 is 0 Å². The van der Waals surface area contributed by atoms with Crippen LogP contribution in [0.4, 0.5) is 5.69 Å². The second-order valence-corrected chi connectivity index (χ2v) is 8.34. The molecule has 3 aromatic rings. The summed E-state index contributed by atoms with van der Waals surface area (Å²) >= 11 is 0. The van der Waals surface area contributed by atoms with Gasteiger partial charge in [-0.2, -0.15) is 0 Å². The van der Waals surface area contributed by atoms with E-state index in [2.05, 4.69) is 10.6 Å². The van der Waals surface area contributed by atoms with Gasteiger partial charge >= 0.3 is 5.97 Å². The standard InChI is InChI=1S/C28H28N2O5/c1-18(2)27(33)30-24-15-13-22(14-16-24)26(32)19(3)35-25(31)17-29-28(34)23-11-9-21(10-12-23)20-7-5-4-6-8-20/h4-16,18-19H,17H2,1-3H3,(H,29,34)(H,30,33). The molecular formula is C28H28N2O5. The molecule has 0 aliphatic carbocycles. The fourth-order valence-electron chi connectivity index (χ4n) is 3.23. The maximum Gasteiger partial charge on any atom is 0.326 e. The average molecular weight is 473 g/mol. The number of anilines is 1. The number of rotatable bonds is 9. The van der Waals surface area contributed by atoms with Gasteiger partial charge in [-0.15, -0.1) is 0 Å². The van der Waals surface area contributed by atoms with Crippen LogP contribution in [0.1, 0.15) is 41.5 Å². The molecule has 2 amide bonds. The summed E-state index contributed by atoms with van der Waals surface area (Å²) in [7, 11) is 0. The van der Waals surface area contributed by atoms with Gasteiger partial charge in [0.15, 0.2) is 6.10 Å². The fraction of sp³-hybridized carbons (Fsp3) is 0.214. The van der Waals surface area contributed by atoms with Crippen molar-refractivity contribution in [3.8, 4) is 11.1 Å². The zero-order chi connectivity index (χ0) is 25.4. The predicted molar refractivity (Wildman–Crippen MR) is 134 cm³/mol. The number of ketones is 1. The van der Waals surface area contributed by atoms with Crippen LogP contribution in [0.15, 0.2) is 78.9 Å². The van der Waals surface area contributed by atoms with Crippen molar-refractivity contribution in [1.29, 1.82) is 0 Å². The van der Waals surface area contributed by atoms with Gasteiger partial charge in [0.2, 0.25) is 11.7 Å². The van der Waals surface area contributed by atoms with E-state index >= 15 is 0 Å². The molecule has 3 rings (SSSR count). The monoisotopic (exact) mass is 472 g/mol. The van der Waals surface area contributed by atoms with E-state index in [1.165, 1.54) is 6.92 Å². The first-order valence-corrected chi connectivity index (χ1v) is 11.3. The molecule has 0 aliphatic rings. The van der Waals surface area contributed by atoms with Gasteiger partial charge in [-0.05, 0) is 54.4 Å². The number of hydrogen-bond donors (Lipinski definition) is 2. The minimum Gasteiger partial charge on any atom is -0.453 e. The number of ether oxygens (including phenoxy) is 1. The molecule has 7 nitrogen and oxygen atoms in total. The number of esters is 1. The van der Waals surface area contributed by atoms with Crippen molar-refractivity contribution in [2.75, 3.05) is 11.9 Å². The topological polar surface area (TPSA) is 102 Å². The van der Waals surface area contributed by atoms with Crippen LogP contribution in [0.5, 0.6) is 0 Å². The summed E-state index contributed by atoms with van der Waals surface area (Å²) in [5.74, 6) is -1.81. The molecule has 0 spiro atoms. The number of hydrogen-bond acceptors (Lipinski definition) is 5. The summed E-state index contributed by atoms with van der Waals surface area (Å²) < 4.78 is 5.18. The predicted octanol–water partition coefficient (Wildman–Crippen LogP) is 4.49. The number of carbonyl (C=O) groups excluding carboxylic acids is 4. The molecule has 1 unspecified atom stereocenters. The number of benzene rings is 3. The van der Waals surface area contributed by atoms with E-state index in [4.69, 9.17) is 4.74 Å². The highest BCUT2D eigenvalue weighted by Crippen LogP contribution is 2.19. The zero-order valence-corrected chi connectivity index (χ0v) is 19.9. The van der Waals surface area contributed by atoms with Gasteiger partial charge < -0.3 is 15.4 Å². The smallest absolute Gasteiger partial charge is 0.326 e. The van der Waals surface area contributed by atoms with Crippen LogP contribution in [0, 0.1) is 5.92 Å². The molecule has 35 heavy (non-hydrogen) atoms. The molecule has 0 aliphatic heterocycles. The molecule has 7 heteroatoms. The summed E-state index contributed by atoms with van der Waals surface area (Å²) in [5, 5.41) is 5.26. The number of nitrogens with one attached hydrogen (secondary N) is 2. The Morgan fingerprint density at radius 3 is 1.91 bits per heavy atom. The Labute approximate surface area is 204 Å². The summed E-state index contributed by atoms with van der Waals surface area (Å²) in [5.41, 5.74) is 3.34. The average Bonchev–Trinajstić information content (AvgIpc) is 2.87. The molecule has 0 radical (unpaired) electrons. The Morgan fingerprint density at radius 2 is 1.31 bits per heavy atom. The Hall–Kier alpha value is -4.26. The van der Waals surface area contributed by atoms with E-state index in [-0.39, 0.29) is 24.2 Å². The molecule has 180 valence electrons.